The Morgan fingerprint density at radius 2 is 1.25 bits per heavy atom. The lowest BCUT2D eigenvalue weighted by Gasteiger charge is -2.41. The summed E-state index contributed by atoms with van der Waals surface area (Å²) in [5, 5.41) is -0.0971. The summed E-state index contributed by atoms with van der Waals surface area (Å²) in [4.78, 5) is 40.4. The second-order valence-corrected chi connectivity index (χ2v) is 18.5. The Balaban J connectivity index is 0.000000181. The van der Waals surface area contributed by atoms with Crippen LogP contribution in [0.5, 0.6) is 11.5 Å². The third-order valence-electron chi connectivity index (χ3n) is 13.4. The molecule has 18 heteroatoms. The molecule has 328 valence electrons. The van der Waals surface area contributed by atoms with Crippen molar-refractivity contribution in [3.05, 3.63) is 66.7 Å². The molecule has 2 spiro atoms. The van der Waals surface area contributed by atoms with Crippen LogP contribution in [0.1, 0.15) is 64.0 Å². The lowest BCUT2D eigenvalue weighted by atomic mass is 9.73. The van der Waals surface area contributed by atoms with E-state index in [0.717, 1.165) is 58.3 Å². The number of halogens is 4. The van der Waals surface area contributed by atoms with E-state index >= 15 is 0 Å². The molecule has 2 aromatic rings. The summed E-state index contributed by atoms with van der Waals surface area (Å²) in [5.41, 5.74) is 13.6. The maximum atomic E-state index is 13.4. The van der Waals surface area contributed by atoms with Crippen molar-refractivity contribution in [3.63, 3.8) is 0 Å². The molecule has 0 bridgehead atoms. The van der Waals surface area contributed by atoms with E-state index in [-0.39, 0.29) is 57.7 Å². The van der Waals surface area contributed by atoms with Gasteiger partial charge in [0.05, 0.1) is 60.5 Å². The standard InChI is InChI=1S/2C21H28Cl2N4O3/c2*1-12-18(24)21(11-30-12)7-9-26(10-8-21)19-17(29-3)20(28)27(13(2)25-19)15-6-4-5-14(22)16(15)23/h5,12,18H,4,6-11,24H2,1-3H3;4-6,12,14,16,18H,7-11,24H2,1-3H3/t12-,18+;12-,14-,16-,18+/m00/s1. The van der Waals surface area contributed by atoms with Crippen LogP contribution in [-0.4, -0.2) is 108 Å². The molecule has 0 aromatic carbocycles. The fourth-order valence-corrected chi connectivity index (χ4v) is 10.5. The van der Waals surface area contributed by atoms with Crippen molar-refractivity contribution < 1.29 is 18.9 Å². The van der Waals surface area contributed by atoms with Crippen LogP contribution in [0.25, 0.3) is 11.4 Å². The first kappa shape index (κ1) is 45.0. The lowest BCUT2D eigenvalue weighted by Crippen LogP contribution is -2.51. The van der Waals surface area contributed by atoms with Gasteiger partial charge in [-0.25, -0.2) is 9.97 Å². The van der Waals surface area contributed by atoms with E-state index < -0.39 is 10.8 Å². The van der Waals surface area contributed by atoms with Gasteiger partial charge in [0.1, 0.15) is 11.6 Å². The van der Waals surface area contributed by atoms with E-state index in [2.05, 4.69) is 9.80 Å². The zero-order chi connectivity index (χ0) is 43.3. The van der Waals surface area contributed by atoms with E-state index in [1.807, 2.05) is 26.8 Å². The van der Waals surface area contributed by atoms with Crippen LogP contribution in [0, 0.1) is 24.7 Å². The third kappa shape index (κ3) is 8.04. The predicted molar refractivity (Wildman–Crippen MR) is 239 cm³/mol. The van der Waals surface area contributed by atoms with Crippen LogP contribution < -0.4 is 41.9 Å². The van der Waals surface area contributed by atoms with Crippen molar-refractivity contribution in [1.29, 1.82) is 0 Å². The minimum Gasteiger partial charge on any atom is -0.488 e. The summed E-state index contributed by atoms with van der Waals surface area (Å²) in [6.07, 6.45) is 12.3. The highest BCUT2D eigenvalue weighted by molar-refractivity contribution is 6.45. The van der Waals surface area contributed by atoms with Gasteiger partial charge in [0, 0.05) is 60.5 Å². The van der Waals surface area contributed by atoms with Crippen LogP contribution in [0.15, 0.2) is 44.0 Å². The van der Waals surface area contributed by atoms with Gasteiger partial charge in [0.15, 0.2) is 11.6 Å². The van der Waals surface area contributed by atoms with Crippen LogP contribution in [-0.2, 0) is 9.47 Å². The molecule has 6 aliphatic rings. The monoisotopic (exact) mass is 908 g/mol. The minimum atomic E-state index is -0.536. The lowest BCUT2D eigenvalue weighted by molar-refractivity contribution is 0.0973. The normalized spacial score (nSPS) is 28.5. The van der Waals surface area contributed by atoms with E-state index in [1.165, 1.54) is 23.4 Å². The highest BCUT2D eigenvalue weighted by Gasteiger charge is 2.49. The molecule has 8 rings (SSSR count). The Bertz CT molecular complexity index is 2210. The first-order valence-corrected chi connectivity index (χ1v) is 22.2. The van der Waals surface area contributed by atoms with Gasteiger partial charge in [-0.1, -0.05) is 41.4 Å². The number of aryl methyl sites for hydroxylation is 2. The molecule has 14 nitrogen and oxygen atoms in total. The van der Waals surface area contributed by atoms with Crippen LogP contribution in [0.4, 0.5) is 11.6 Å². The average molecular weight is 911 g/mol. The van der Waals surface area contributed by atoms with E-state index in [4.69, 9.17) is 86.8 Å². The number of alkyl halides is 2. The highest BCUT2D eigenvalue weighted by atomic mass is 35.5. The third-order valence-corrected chi connectivity index (χ3v) is 15.3. The second-order valence-electron chi connectivity index (χ2n) is 16.8. The number of aromatic nitrogens is 4. The first-order chi connectivity index (χ1) is 28.6. The molecule has 6 atom stereocenters. The minimum absolute atomic E-state index is 0.00327. The Hall–Kier alpha value is -3.08. The summed E-state index contributed by atoms with van der Waals surface area (Å²) in [5.74, 6) is 2.67. The van der Waals surface area contributed by atoms with Crippen molar-refractivity contribution in [1.82, 2.24) is 19.1 Å². The summed E-state index contributed by atoms with van der Waals surface area (Å²) < 4.78 is 25.7. The van der Waals surface area contributed by atoms with Crippen molar-refractivity contribution in [2.24, 2.45) is 22.3 Å². The SMILES string of the molecule is COc1c(N2CCC3(CC2)CO[C@@H](C)[C@H]3N)nc(C)n(C2=C(Cl)C(Cl)=CCC2)c1=O.COc1c(N2CCC3(CC2)CO[C@@H](C)[C@H]3N)nc(C)n(C2=CC=C[C@H](Cl)[C@@H]2Cl)c1=O. The molecule has 4 saturated heterocycles. The highest BCUT2D eigenvalue weighted by Crippen LogP contribution is 2.44. The van der Waals surface area contributed by atoms with Gasteiger partial charge in [0.25, 0.3) is 0 Å². The van der Waals surface area contributed by atoms with Crippen LogP contribution >= 0.6 is 46.4 Å². The summed E-state index contributed by atoms with van der Waals surface area (Å²) in [6.45, 7) is 12.0. The quantitative estimate of drug-likeness (QED) is 0.339. The van der Waals surface area contributed by atoms with Crippen molar-refractivity contribution in [3.8, 4) is 11.5 Å². The maximum absolute atomic E-state index is 13.4. The number of ether oxygens (including phenoxy) is 4. The predicted octanol–water partition coefficient (Wildman–Crippen LogP) is 5.74. The molecule has 0 amide bonds. The average Bonchev–Trinajstić information content (AvgIpc) is 3.66. The van der Waals surface area contributed by atoms with Crippen molar-refractivity contribution >= 4 is 69.4 Å². The molecule has 2 aliphatic carbocycles. The van der Waals surface area contributed by atoms with Gasteiger partial charge in [-0.15, -0.1) is 23.2 Å². The van der Waals surface area contributed by atoms with Gasteiger partial charge in [-0.05, 0) is 72.3 Å². The Morgan fingerprint density at radius 3 is 1.70 bits per heavy atom. The zero-order valence-electron chi connectivity index (χ0n) is 35.1. The number of hydrogen-bond donors (Lipinski definition) is 2. The molecule has 4 N–H and O–H groups in total. The van der Waals surface area contributed by atoms with Crippen molar-refractivity contribution in [2.45, 2.75) is 101 Å². The number of anilines is 2. The van der Waals surface area contributed by atoms with Gasteiger partial charge in [-0.3, -0.25) is 18.7 Å². The van der Waals surface area contributed by atoms with Gasteiger partial charge >= 0.3 is 11.1 Å². The van der Waals surface area contributed by atoms with Crippen LogP contribution in [0.2, 0.25) is 0 Å². The molecule has 0 unspecified atom stereocenters. The fourth-order valence-electron chi connectivity index (χ4n) is 9.57. The number of allylic oxidation sites excluding steroid dienone is 8. The van der Waals surface area contributed by atoms with Gasteiger partial charge in [-0.2, -0.15) is 0 Å². The fraction of sp³-hybridized carbons (Fsp3) is 0.619. The largest absolute Gasteiger partial charge is 0.488 e. The number of piperidine rings is 2. The molecule has 4 aliphatic heterocycles. The van der Waals surface area contributed by atoms with Gasteiger partial charge in [0.2, 0.25) is 11.5 Å². The summed E-state index contributed by atoms with van der Waals surface area (Å²) >= 11 is 25.4. The number of nitrogens with two attached hydrogens (primary N) is 2. The Labute approximate surface area is 371 Å². The Kier molecular flexibility index (Phi) is 13.5. The summed E-state index contributed by atoms with van der Waals surface area (Å²) in [7, 11) is 2.99. The zero-order valence-corrected chi connectivity index (χ0v) is 38.1. The van der Waals surface area contributed by atoms with Crippen LogP contribution in [0.3, 0.4) is 0 Å². The number of hydrogen-bond acceptors (Lipinski definition) is 12. The molecule has 0 radical (unpaired) electrons. The first-order valence-electron chi connectivity index (χ1n) is 20.6. The second kappa shape index (κ2) is 18.0. The van der Waals surface area contributed by atoms with E-state index in [1.54, 1.807) is 25.2 Å². The number of rotatable bonds is 6. The maximum Gasteiger partial charge on any atom is 0.302 e. The molecule has 60 heavy (non-hydrogen) atoms. The molecular formula is C42H56Cl4N8O6. The van der Waals surface area contributed by atoms with E-state index in [0.29, 0.717) is 64.4 Å². The molecule has 4 fully saturated rings. The molecular weight excluding hydrogens is 854 g/mol. The van der Waals surface area contributed by atoms with Crippen molar-refractivity contribution in [2.75, 3.05) is 63.4 Å². The Morgan fingerprint density at radius 1 is 0.783 bits per heavy atom. The molecule has 0 saturated carbocycles. The smallest absolute Gasteiger partial charge is 0.302 e. The number of nitrogens with zero attached hydrogens (tertiary/aromatic N) is 6. The number of methoxy groups -OCH3 is 2. The van der Waals surface area contributed by atoms with Gasteiger partial charge < -0.3 is 40.2 Å². The molecule has 2 aromatic heterocycles. The molecule has 6 heterocycles. The summed E-state index contributed by atoms with van der Waals surface area (Å²) in [6, 6.07) is 0.0575. The topological polar surface area (TPSA) is 165 Å². The van der Waals surface area contributed by atoms with E-state index in [9.17, 15) is 9.59 Å².